The number of benzene rings is 1. The van der Waals surface area contributed by atoms with E-state index in [0.29, 0.717) is 23.8 Å². The lowest BCUT2D eigenvalue weighted by atomic mass is 9.50. The first kappa shape index (κ1) is 14.7. The first-order chi connectivity index (χ1) is 11.5. The molecule has 3 heteroatoms. The number of rotatable bonds is 2. The minimum absolute atomic E-state index is 0.0528. The zero-order valence-electron chi connectivity index (χ0n) is 14.2. The molecule has 0 N–H and O–H groups in total. The smallest absolute Gasteiger partial charge is 0.317 e. The van der Waals surface area contributed by atoms with Crippen molar-refractivity contribution in [2.75, 3.05) is 0 Å². The van der Waals surface area contributed by atoms with Crippen LogP contribution >= 0.6 is 0 Å². The van der Waals surface area contributed by atoms with E-state index in [9.17, 15) is 9.59 Å². The lowest BCUT2D eigenvalue weighted by Gasteiger charge is -2.59. The molecule has 0 amide bonds. The fourth-order valence-corrected chi connectivity index (χ4v) is 6.20. The van der Waals surface area contributed by atoms with Crippen molar-refractivity contribution in [1.29, 1.82) is 0 Å². The molecule has 1 aromatic rings. The van der Waals surface area contributed by atoms with Gasteiger partial charge in [0.15, 0.2) is 5.78 Å². The van der Waals surface area contributed by atoms with Crippen LogP contribution in [-0.2, 0) is 16.0 Å². The van der Waals surface area contributed by atoms with Crippen molar-refractivity contribution < 1.29 is 14.3 Å². The monoisotopic (exact) mass is 324 g/mol. The number of esters is 1. The van der Waals surface area contributed by atoms with Crippen LogP contribution in [0.5, 0.6) is 0 Å². The number of Topliss-reactive ketones (excluding diaryl/α,β-unsaturated/α-hetero) is 1. The maximum absolute atomic E-state index is 12.9. The second-order valence-electron chi connectivity index (χ2n) is 8.69. The number of hydrogen-bond acceptors (Lipinski definition) is 3. The van der Waals surface area contributed by atoms with Crippen molar-refractivity contribution >= 4 is 11.8 Å². The molecule has 3 nitrogen and oxygen atoms in total. The Hall–Kier alpha value is -1.64. The molecule has 4 fully saturated rings. The van der Waals surface area contributed by atoms with Crippen LogP contribution in [0.4, 0.5) is 0 Å². The standard InChI is InChI=1S/C21H24O3/c1-21(15-7-12-6-13(9-15)10-16(21)8-12)24-20(23)18-11-14-4-2-3-5-17(14)19(18)22/h2-5,12-13,15-16,18H,6-11H2,1H3. The van der Waals surface area contributed by atoms with E-state index >= 15 is 0 Å². The van der Waals surface area contributed by atoms with E-state index in [1.54, 1.807) is 0 Å². The van der Waals surface area contributed by atoms with Gasteiger partial charge in [-0.1, -0.05) is 24.3 Å². The minimum Gasteiger partial charge on any atom is -0.458 e. The quantitative estimate of drug-likeness (QED) is 0.614. The first-order valence-electron chi connectivity index (χ1n) is 9.39. The first-order valence-corrected chi connectivity index (χ1v) is 9.39. The summed E-state index contributed by atoms with van der Waals surface area (Å²) in [6.07, 6.45) is 6.70. The molecular weight excluding hydrogens is 300 g/mol. The molecule has 0 spiro atoms. The summed E-state index contributed by atoms with van der Waals surface area (Å²) in [4.78, 5) is 25.5. The van der Waals surface area contributed by atoms with Crippen LogP contribution in [0.3, 0.4) is 0 Å². The molecule has 4 saturated carbocycles. The summed E-state index contributed by atoms with van der Waals surface area (Å²) in [5.41, 5.74) is 1.34. The third kappa shape index (κ3) is 1.96. The van der Waals surface area contributed by atoms with Gasteiger partial charge in [0.05, 0.1) is 0 Å². The molecule has 4 bridgehead atoms. The van der Waals surface area contributed by atoms with Gasteiger partial charge in [-0.05, 0) is 74.7 Å². The van der Waals surface area contributed by atoms with E-state index in [0.717, 1.165) is 17.4 Å². The second kappa shape index (κ2) is 4.93. The van der Waals surface area contributed by atoms with Gasteiger partial charge in [0, 0.05) is 5.56 Å². The maximum Gasteiger partial charge on any atom is 0.317 e. The Balaban J connectivity index is 1.37. The van der Waals surface area contributed by atoms with Gasteiger partial charge < -0.3 is 4.74 Å². The highest BCUT2D eigenvalue weighted by Gasteiger charge is 2.57. The number of fused-ring (bicyclic) bond motifs is 1. The third-order valence-corrected chi connectivity index (χ3v) is 7.39. The summed E-state index contributed by atoms with van der Waals surface area (Å²) in [6, 6.07) is 7.57. The van der Waals surface area contributed by atoms with Crippen LogP contribution in [0, 0.1) is 29.6 Å². The highest BCUT2D eigenvalue weighted by atomic mass is 16.6. The van der Waals surface area contributed by atoms with Crippen molar-refractivity contribution in [3.05, 3.63) is 35.4 Å². The molecule has 0 radical (unpaired) electrons. The third-order valence-electron chi connectivity index (χ3n) is 7.39. The number of ether oxygens (including phenoxy) is 1. The molecule has 24 heavy (non-hydrogen) atoms. The van der Waals surface area contributed by atoms with Crippen LogP contribution in [0.15, 0.2) is 24.3 Å². The van der Waals surface area contributed by atoms with E-state index < -0.39 is 5.92 Å². The summed E-state index contributed by atoms with van der Waals surface area (Å²) < 4.78 is 6.14. The number of carbonyl (C=O) groups excluding carboxylic acids is 2. The molecule has 0 aliphatic heterocycles. The number of carbonyl (C=O) groups is 2. The van der Waals surface area contributed by atoms with E-state index in [4.69, 9.17) is 4.74 Å². The highest BCUT2D eigenvalue weighted by Crippen LogP contribution is 2.59. The van der Waals surface area contributed by atoms with Gasteiger partial charge in [0.1, 0.15) is 11.5 Å². The predicted octanol–water partition coefficient (Wildman–Crippen LogP) is 3.80. The zero-order valence-corrected chi connectivity index (χ0v) is 14.2. The Morgan fingerprint density at radius 2 is 1.67 bits per heavy atom. The van der Waals surface area contributed by atoms with Crippen LogP contribution < -0.4 is 0 Å². The van der Waals surface area contributed by atoms with Crippen LogP contribution in [-0.4, -0.2) is 17.4 Å². The lowest BCUT2D eigenvalue weighted by molar-refractivity contribution is -0.205. The SMILES string of the molecule is CC1(OC(=O)C2Cc3ccccc3C2=O)C2CC3CC(C2)CC1C3. The van der Waals surface area contributed by atoms with Crippen LogP contribution in [0.1, 0.15) is 54.9 Å². The average molecular weight is 324 g/mol. The topological polar surface area (TPSA) is 43.4 Å². The van der Waals surface area contributed by atoms with E-state index in [-0.39, 0.29) is 17.4 Å². The van der Waals surface area contributed by atoms with Crippen molar-refractivity contribution in [2.45, 2.75) is 51.0 Å². The van der Waals surface area contributed by atoms with Gasteiger partial charge in [-0.3, -0.25) is 9.59 Å². The minimum atomic E-state index is -0.628. The molecule has 126 valence electrons. The molecule has 0 heterocycles. The van der Waals surface area contributed by atoms with Gasteiger partial charge in [-0.25, -0.2) is 0 Å². The molecule has 0 aromatic heterocycles. The second-order valence-corrected chi connectivity index (χ2v) is 8.69. The molecule has 0 saturated heterocycles. The van der Waals surface area contributed by atoms with Crippen molar-refractivity contribution in [3.8, 4) is 0 Å². The molecule has 5 aliphatic rings. The molecule has 5 aliphatic carbocycles. The zero-order chi connectivity index (χ0) is 16.5. The largest absolute Gasteiger partial charge is 0.458 e. The van der Waals surface area contributed by atoms with E-state index in [2.05, 4.69) is 6.92 Å². The van der Waals surface area contributed by atoms with Gasteiger partial charge in [-0.15, -0.1) is 0 Å². The number of hydrogen-bond donors (Lipinski definition) is 0. The fourth-order valence-electron chi connectivity index (χ4n) is 6.20. The number of ketones is 1. The maximum atomic E-state index is 12.9. The van der Waals surface area contributed by atoms with Crippen LogP contribution in [0.25, 0.3) is 0 Å². The van der Waals surface area contributed by atoms with Gasteiger partial charge in [0.2, 0.25) is 0 Å². The Kier molecular flexibility index (Phi) is 3.02. The Morgan fingerprint density at radius 1 is 1.04 bits per heavy atom. The summed E-state index contributed by atoms with van der Waals surface area (Å²) in [6.45, 7) is 2.14. The molecule has 1 unspecified atom stereocenters. The molecular formula is C21H24O3. The average Bonchev–Trinajstić information content (AvgIpc) is 2.90. The molecule has 6 rings (SSSR count). The Labute approximate surface area is 142 Å². The summed E-state index contributed by atoms with van der Waals surface area (Å²) >= 11 is 0. The Bertz CT molecular complexity index is 692. The highest BCUT2D eigenvalue weighted by molar-refractivity contribution is 6.12. The van der Waals surface area contributed by atoms with Gasteiger partial charge in [-0.2, -0.15) is 0 Å². The normalized spacial score (nSPS) is 42.2. The molecule has 1 aromatic carbocycles. The summed E-state index contributed by atoms with van der Waals surface area (Å²) in [5.74, 6) is 1.71. The predicted molar refractivity (Wildman–Crippen MR) is 89.5 cm³/mol. The van der Waals surface area contributed by atoms with Gasteiger partial charge >= 0.3 is 5.97 Å². The van der Waals surface area contributed by atoms with Crippen molar-refractivity contribution in [1.82, 2.24) is 0 Å². The Morgan fingerprint density at radius 3 is 2.29 bits per heavy atom. The van der Waals surface area contributed by atoms with Gasteiger partial charge in [0.25, 0.3) is 0 Å². The van der Waals surface area contributed by atoms with Crippen LogP contribution in [0.2, 0.25) is 0 Å². The van der Waals surface area contributed by atoms with Crippen molar-refractivity contribution in [3.63, 3.8) is 0 Å². The molecule has 1 atom stereocenters. The van der Waals surface area contributed by atoms with Crippen molar-refractivity contribution in [2.24, 2.45) is 29.6 Å². The fraction of sp³-hybridized carbons (Fsp3) is 0.619. The summed E-state index contributed by atoms with van der Waals surface area (Å²) in [5, 5.41) is 0. The van der Waals surface area contributed by atoms with E-state index in [1.165, 1.54) is 32.1 Å². The lowest BCUT2D eigenvalue weighted by Crippen LogP contribution is -2.58. The van der Waals surface area contributed by atoms with E-state index in [1.807, 2.05) is 24.3 Å². The summed E-state index contributed by atoms with van der Waals surface area (Å²) in [7, 11) is 0.